The van der Waals surface area contributed by atoms with Gasteiger partial charge in [-0.05, 0) is 12.8 Å². The molecule has 0 fully saturated rings. The Morgan fingerprint density at radius 1 is 1.18 bits per heavy atom. The van der Waals surface area contributed by atoms with E-state index in [1.54, 1.807) is 0 Å². The van der Waals surface area contributed by atoms with Crippen molar-refractivity contribution in [3.8, 4) is 11.8 Å². The molecule has 0 aromatic heterocycles. The molecule has 0 atom stereocenters. The predicted octanol–water partition coefficient (Wildman–Crippen LogP) is 3.86. The summed E-state index contributed by atoms with van der Waals surface area (Å²) in [6.45, 7) is 10.6. The van der Waals surface area contributed by atoms with E-state index in [2.05, 4.69) is 32.6 Å². The molecule has 0 aliphatic carbocycles. The molecule has 0 aromatic rings. The van der Waals surface area contributed by atoms with E-state index >= 15 is 0 Å². The van der Waals surface area contributed by atoms with Gasteiger partial charge in [0.1, 0.15) is 0 Å². The highest BCUT2D eigenvalue weighted by molar-refractivity contribution is 4.92. The third kappa shape index (κ3) is 26.3. The Kier molecular flexibility index (Phi) is 14.7. The van der Waals surface area contributed by atoms with Crippen molar-refractivity contribution in [1.29, 1.82) is 0 Å². The fourth-order valence-corrected chi connectivity index (χ4v) is 0.754. The quantitative estimate of drug-likeness (QED) is 0.530. The normalized spacial score (nSPS) is 7.82. The summed E-state index contributed by atoms with van der Waals surface area (Å²) < 4.78 is 0. The summed E-state index contributed by atoms with van der Waals surface area (Å²) in [7, 11) is 0. The maximum Gasteiger partial charge on any atom is 0.00601 e. The zero-order valence-corrected chi connectivity index (χ0v) is 8.70. The van der Waals surface area contributed by atoms with Crippen molar-refractivity contribution in [3.05, 3.63) is 0 Å². The summed E-state index contributed by atoms with van der Waals surface area (Å²) in [4.78, 5) is 0. The molecule has 0 aliphatic rings. The summed E-state index contributed by atoms with van der Waals surface area (Å²) in [5.41, 5.74) is 0. The van der Waals surface area contributed by atoms with Gasteiger partial charge in [0.15, 0.2) is 0 Å². The van der Waals surface area contributed by atoms with Gasteiger partial charge in [-0.3, -0.25) is 0 Å². The third-order valence-corrected chi connectivity index (χ3v) is 1.22. The van der Waals surface area contributed by atoms with Crippen molar-refractivity contribution in [3.63, 3.8) is 0 Å². The van der Waals surface area contributed by atoms with E-state index in [0.717, 1.165) is 12.3 Å². The van der Waals surface area contributed by atoms with Gasteiger partial charge in [0.25, 0.3) is 0 Å². The maximum absolute atomic E-state index is 2.86. The number of hydrogen-bond donors (Lipinski definition) is 0. The van der Waals surface area contributed by atoms with Crippen LogP contribution in [0.25, 0.3) is 0 Å². The molecule has 66 valence electrons. The van der Waals surface area contributed by atoms with Crippen LogP contribution in [-0.2, 0) is 0 Å². The average molecular weight is 154 g/mol. The molecule has 0 spiro atoms. The molecule has 0 saturated heterocycles. The topological polar surface area (TPSA) is 0 Å². The lowest BCUT2D eigenvalue weighted by Gasteiger charge is -1.95. The molecule has 0 unspecified atom stereocenters. The van der Waals surface area contributed by atoms with Gasteiger partial charge < -0.3 is 0 Å². The molecule has 0 radical (unpaired) electrons. The number of rotatable bonds is 2. The van der Waals surface area contributed by atoms with Crippen LogP contribution in [0.3, 0.4) is 0 Å². The van der Waals surface area contributed by atoms with E-state index in [1.165, 1.54) is 12.8 Å². The largest absolute Gasteiger partial charge is 0.107 e. The van der Waals surface area contributed by atoms with Crippen molar-refractivity contribution in [2.24, 2.45) is 5.92 Å². The van der Waals surface area contributed by atoms with E-state index in [0.29, 0.717) is 0 Å². The predicted molar refractivity (Wildman–Crippen MR) is 53.5 cm³/mol. The number of hydrogen-bond acceptors (Lipinski definition) is 0. The Bertz CT molecular complexity index is 101. The summed E-state index contributed by atoms with van der Waals surface area (Å²) >= 11 is 0. The summed E-state index contributed by atoms with van der Waals surface area (Å²) in [5.74, 6) is 6.53. The Labute approximate surface area is 72.4 Å². The van der Waals surface area contributed by atoms with Gasteiger partial charge in [0.05, 0.1) is 0 Å². The van der Waals surface area contributed by atoms with E-state index in [4.69, 9.17) is 0 Å². The molecule has 0 bridgehead atoms. The lowest BCUT2D eigenvalue weighted by molar-refractivity contribution is 0.576. The van der Waals surface area contributed by atoms with Crippen LogP contribution in [0, 0.1) is 17.8 Å². The van der Waals surface area contributed by atoms with Crippen molar-refractivity contribution in [1.82, 2.24) is 0 Å². The van der Waals surface area contributed by atoms with Gasteiger partial charge in [-0.2, -0.15) is 0 Å². The summed E-state index contributed by atoms with van der Waals surface area (Å²) in [6.07, 6.45) is 3.69. The lowest BCUT2D eigenvalue weighted by atomic mass is 10.1. The van der Waals surface area contributed by atoms with Crippen molar-refractivity contribution >= 4 is 0 Å². The summed E-state index contributed by atoms with van der Waals surface area (Å²) in [5, 5.41) is 0. The Balaban J connectivity index is 0. The van der Waals surface area contributed by atoms with Crippen molar-refractivity contribution in [2.75, 3.05) is 0 Å². The first-order valence-corrected chi connectivity index (χ1v) is 4.58. The minimum Gasteiger partial charge on any atom is -0.107 e. The van der Waals surface area contributed by atoms with Crippen molar-refractivity contribution in [2.45, 2.75) is 53.9 Å². The molecule has 0 aromatic carbocycles. The molecule has 0 aliphatic heterocycles. The van der Waals surface area contributed by atoms with Crippen LogP contribution >= 0.6 is 0 Å². The summed E-state index contributed by atoms with van der Waals surface area (Å²) in [6, 6.07) is 0. The minimum atomic E-state index is 0.898. The standard InChI is InChI=1S/C6H14.C5H8/c1-4-5-6(2)3;1-3-5-4-2/h6H,4-5H2,1-3H3;3H2,1-2H3. The van der Waals surface area contributed by atoms with Crippen LogP contribution < -0.4 is 0 Å². The van der Waals surface area contributed by atoms with Gasteiger partial charge in [-0.15, -0.1) is 11.8 Å². The molecule has 0 N–H and O–H groups in total. The van der Waals surface area contributed by atoms with Crippen LogP contribution in [0.2, 0.25) is 0 Å². The Morgan fingerprint density at radius 2 is 1.73 bits per heavy atom. The second-order valence-corrected chi connectivity index (χ2v) is 2.96. The van der Waals surface area contributed by atoms with E-state index in [-0.39, 0.29) is 0 Å². The van der Waals surface area contributed by atoms with Crippen LogP contribution in [0.5, 0.6) is 0 Å². The Morgan fingerprint density at radius 3 is 1.73 bits per heavy atom. The first-order chi connectivity index (χ1) is 5.18. The third-order valence-electron chi connectivity index (χ3n) is 1.22. The van der Waals surface area contributed by atoms with Gasteiger partial charge in [0, 0.05) is 6.42 Å². The monoisotopic (exact) mass is 154 g/mol. The van der Waals surface area contributed by atoms with Gasteiger partial charge >= 0.3 is 0 Å². The van der Waals surface area contributed by atoms with Gasteiger partial charge in [0.2, 0.25) is 0 Å². The second kappa shape index (κ2) is 12.3. The van der Waals surface area contributed by atoms with E-state index in [9.17, 15) is 0 Å². The molecule has 11 heavy (non-hydrogen) atoms. The van der Waals surface area contributed by atoms with Crippen LogP contribution in [0.1, 0.15) is 53.9 Å². The van der Waals surface area contributed by atoms with Crippen molar-refractivity contribution < 1.29 is 0 Å². The van der Waals surface area contributed by atoms with Crippen LogP contribution in [0.15, 0.2) is 0 Å². The van der Waals surface area contributed by atoms with E-state index in [1.807, 2.05) is 13.8 Å². The average Bonchev–Trinajstić information content (AvgIpc) is 1.90. The lowest BCUT2D eigenvalue weighted by Crippen LogP contribution is -1.81. The zero-order valence-electron chi connectivity index (χ0n) is 8.70. The fourth-order valence-electron chi connectivity index (χ4n) is 0.754. The molecule has 0 rings (SSSR count). The smallest absolute Gasteiger partial charge is 0.00601 e. The zero-order chi connectivity index (χ0) is 9.11. The molecule has 0 nitrogen and oxygen atoms in total. The highest BCUT2D eigenvalue weighted by atomic mass is 13.9. The Hall–Kier alpha value is -0.440. The van der Waals surface area contributed by atoms with Gasteiger partial charge in [-0.25, -0.2) is 0 Å². The highest BCUT2D eigenvalue weighted by Gasteiger charge is 1.85. The van der Waals surface area contributed by atoms with Crippen LogP contribution in [0.4, 0.5) is 0 Å². The SMILES string of the molecule is CC#CCC.CCCC(C)C. The fraction of sp³-hybridized carbons (Fsp3) is 0.818. The second-order valence-electron chi connectivity index (χ2n) is 2.96. The first kappa shape index (κ1) is 13.2. The molecule has 0 saturated carbocycles. The molecule has 0 heteroatoms. The first-order valence-electron chi connectivity index (χ1n) is 4.58. The molecule has 0 heterocycles. The molecule has 0 amide bonds. The van der Waals surface area contributed by atoms with Crippen LogP contribution in [-0.4, -0.2) is 0 Å². The van der Waals surface area contributed by atoms with E-state index < -0.39 is 0 Å². The molecular weight excluding hydrogens is 132 g/mol. The van der Waals surface area contributed by atoms with Gasteiger partial charge in [-0.1, -0.05) is 40.5 Å². The maximum atomic E-state index is 2.86. The molecular formula is C11H22. The highest BCUT2D eigenvalue weighted by Crippen LogP contribution is 2.00. The minimum absolute atomic E-state index is 0.898.